The van der Waals surface area contributed by atoms with Crippen molar-refractivity contribution in [1.29, 1.82) is 0 Å². The van der Waals surface area contributed by atoms with Crippen molar-refractivity contribution in [2.75, 3.05) is 0 Å². The Morgan fingerprint density at radius 3 is 2.84 bits per heavy atom. The van der Waals surface area contributed by atoms with Gasteiger partial charge in [-0.2, -0.15) is 0 Å². The van der Waals surface area contributed by atoms with Gasteiger partial charge in [-0.3, -0.25) is 0 Å². The summed E-state index contributed by atoms with van der Waals surface area (Å²) in [4.78, 5) is 0. The fourth-order valence-electron chi connectivity index (χ4n) is 2.31. The minimum Gasteiger partial charge on any atom is -0.444 e. The summed E-state index contributed by atoms with van der Waals surface area (Å²) in [6.07, 6.45) is 5.07. The molecule has 1 N–H and O–H groups in total. The summed E-state index contributed by atoms with van der Waals surface area (Å²) < 4.78 is 5.56. The third-order valence-corrected chi connectivity index (χ3v) is 3.82. The van der Waals surface area contributed by atoms with E-state index in [-0.39, 0.29) is 0 Å². The molecule has 3 heteroatoms. The van der Waals surface area contributed by atoms with Crippen LogP contribution in [0.5, 0.6) is 0 Å². The van der Waals surface area contributed by atoms with E-state index in [0.717, 1.165) is 23.1 Å². The molecule has 0 aliphatic heterocycles. The molecule has 0 fully saturated rings. The highest BCUT2D eigenvalue weighted by Gasteiger charge is 2.12. The van der Waals surface area contributed by atoms with Crippen LogP contribution in [-0.4, -0.2) is 6.04 Å². The van der Waals surface area contributed by atoms with Crippen LogP contribution in [0, 0.1) is 0 Å². The number of halogens is 1. The molecule has 0 saturated carbocycles. The summed E-state index contributed by atoms with van der Waals surface area (Å²) in [7, 11) is 0. The van der Waals surface area contributed by atoms with E-state index in [1.165, 1.54) is 25.7 Å². The lowest BCUT2D eigenvalue weighted by atomic mass is 10.1. The van der Waals surface area contributed by atoms with Gasteiger partial charge in [0, 0.05) is 23.5 Å². The summed E-state index contributed by atoms with van der Waals surface area (Å²) in [5, 5.41) is 5.15. The monoisotopic (exact) mass is 279 g/mol. The summed E-state index contributed by atoms with van der Waals surface area (Å²) in [5.41, 5.74) is 1.93. The van der Waals surface area contributed by atoms with Crippen molar-refractivity contribution in [3.63, 3.8) is 0 Å². The van der Waals surface area contributed by atoms with Gasteiger partial charge in [0.05, 0.1) is 0 Å². The molecule has 2 rings (SSSR count). The lowest BCUT2D eigenvalue weighted by Gasteiger charge is -2.13. The number of rotatable bonds is 7. The number of furan rings is 1. The first-order chi connectivity index (χ1) is 9.22. The Morgan fingerprint density at radius 2 is 2.05 bits per heavy atom. The van der Waals surface area contributed by atoms with Crippen LogP contribution >= 0.6 is 11.6 Å². The maximum absolute atomic E-state index is 6.17. The highest BCUT2D eigenvalue weighted by Crippen LogP contribution is 2.29. The molecule has 0 saturated heterocycles. The second-order valence-corrected chi connectivity index (χ2v) is 5.47. The Kier molecular flexibility index (Phi) is 5.29. The summed E-state index contributed by atoms with van der Waals surface area (Å²) in [5.74, 6) is 0. The van der Waals surface area contributed by atoms with E-state index in [2.05, 4.69) is 25.2 Å². The Bertz CT molecular complexity index is 520. The molecule has 1 unspecified atom stereocenters. The standard InChI is InChI=1S/C16H22ClNO/c1-3-4-5-8-12(2)18-11-14-13-9-6-7-10-15(13)19-16(14)17/h6-7,9-10,12,18H,3-5,8,11H2,1-2H3. The van der Waals surface area contributed by atoms with Crippen molar-refractivity contribution >= 4 is 22.6 Å². The van der Waals surface area contributed by atoms with Crippen molar-refractivity contribution in [3.05, 3.63) is 35.0 Å². The topological polar surface area (TPSA) is 25.2 Å². The highest BCUT2D eigenvalue weighted by molar-refractivity contribution is 6.30. The maximum Gasteiger partial charge on any atom is 0.199 e. The molecule has 0 aliphatic carbocycles. The van der Waals surface area contributed by atoms with Crippen molar-refractivity contribution in [3.8, 4) is 0 Å². The molecule has 104 valence electrons. The largest absolute Gasteiger partial charge is 0.444 e. The lowest BCUT2D eigenvalue weighted by molar-refractivity contribution is 0.485. The normalized spacial score (nSPS) is 13.0. The van der Waals surface area contributed by atoms with Gasteiger partial charge in [-0.1, -0.05) is 44.4 Å². The predicted molar refractivity (Wildman–Crippen MR) is 81.7 cm³/mol. The summed E-state index contributed by atoms with van der Waals surface area (Å²) >= 11 is 6.17. The molecule has 0 radical (unpaired) electrons. The molecular formula is C16H22ClNO. The Hall–Kier alpha value is -0.990. The van der Waals surface area contributed by atoms with E-state index in [1.54, 1.807) is 0 Å². The molecular weight excluding hydrogens is 258 g/mol. The summed E-state index contributed by atoms with van der Waals surface area (Å²) in [6, 6.07) is 8.50. The van der Waals surface area contributed by atoms with E-state index < -0.39 is 0 Å². The third kappa shape index (κ3) is 3.74. The molecule has 1 heterocycles. The van der Waals surface area contributed by atoms with Crippen LogP contribution in [0.4, 0.5) is 0 Å². The van der Waals surface area contributed by atoms with E-state index in [4.69, 9.17) is 16.0 Å². The number of para-hydroxylation sites is 1. The zero-order valence-electron chi connectivity index (χ0n) is 11.7. The van der Waals surface area contributed by atoms with Gasteiger partial charge in [-0.15, -0.1) is 0 Å². The summed E-state index contributed by atoms with van der Waals surface area (Å²) in [6.45, 7) is 5.23. The molecule has 1 aromatic heterocycles. The molecule has 2 aromatic rings. The van der Waals surface area contributed by atoms with Crippen molar-refractivity contribution in [2.24, 2.45) is 0 Å². The average molecular weight is 280 g/mol. The first-order valence-corrected chi connectivity index (χ1v) is 7.49. The number of fused-ring (bicyclic) bond motifs is 1. The maximum atomic E-state index is 6.17. The molecule has 1 aromatic carbocycles. The van der Waals surface area contributed by atoms with E-state index >= 15 is 0 Å². The van der Waals surface area contributed by atoms with E-state index in [9.17, 15) is 0 Å². The molecule has 0 bridgehead atoms. The number of hydrogen-bond acceptors (Lipinski definition) is 2. The average Bonchev–Trinajstić information content (AvgIpc) is 2.72. The molecule has 2 nitrogen and oxygen atoms in total. The minimum absolute atomic E-state index is 0.509. The quantitative estimate of drug-likeness (QED) is 0.710. The number of hydrogen-bond donors (Lipinski definition) is 1. The van der Waals surface area contributed by atoms with Crippen molar-refractivity contribution in [2.45, 2.75) is 52.1 Å². The van der Waals surface area contributed by atoms with Gasteiger partial charge in [0.15, 0.2) is 5.22 Å². The second-order valence-electron chi connectivity index (χ2n) is 5.13. The van der Waals surface area contributed by atoms with Crippen LogP contribution < -0.4 is 5.32 Å². The second kappa shape index (κ2) is 6.97. The van der Waals surface area contributed by atoms with Crippen LogP contribution in [0.15, 0.2) is 28.7 Å². The van der Waals surface area contributed by atoms with E-state index in [0.29, 0.717) is 11.3 Å². The van der Waals surface area contributed by atoms with Gasteiger partial charge < -0.3 is 9.73 Å². The molecule has 0 spiro atoms. The first kappa shape index (κ1) is 14.4. The van der Waals surface area contributed by atoms with Gasteiger partial charge in [-0.05, 0) is 31.0 Å². The van der Waals surface area contributed by atoms with Gasteiger partial charge in [0.1, 0.15) is 5.58 Å². The number of unbranched alkanes of at least 4 members (excludes halogenated alkanes) is 2. The van der Waals surface area contributed by atoms with Gasteiger partial charge in [0.25, 0.3) is 0 Å². The van der Waals surface area contributed by atoms with Crippen LogP contribution in [0.1, 0.15) is 45.1 Å². The minimum atomic E-state index is 0.509. The first-order valence-electron chi connectivity index (χ1n) is 7.11. The van der Waals surface area contributed by atoms with Crippen LogP contribution in [0.25, 0.3) is 11.0 Å². The van der Waals surface area contributed by atoms with Crippen molar-refractivity contribution < 1.29 is 4.42 Å². The van der Waals surface area contributed by atoms with Crippen LogP contribution in [0.3, 0.4) is 0 Å². The lowest BCUT2D eigenvalue weighted by Crippen LogP contribution is -2.25. The molecule has 0 amide bonds. The van der Waals surface area contributed by atoms with E-state index in [1.807, 2.05) is 18.2 Å². The Labute approximate surface area is 120 Å². The van der Waals surface area contributed by atoms with Gasteiger partial charge in [0.2, 0.25) is 0 Å². The SMILES string of the molecule is CCCCCC(C)NCc1c(Cl)oc2ccccc12. The van der Waals surface area contributed by atoms with Gasteiger partial charge >= 0.3 is 0 Å². The molecule has 19 heavy (non-hydrogen) atoms. The van der Waals surface area contributed by atoms with Crippen LogP contribution in [0.2, 0.25) is 5.22 Å². The number of benzene rings is 1. The Balaban J connectivity index is 1.96. The fraction of sp³-hybridized carbons (Fsp3) is 0.500. The third-order valence-electron chi connectivity index (χ3n) is 3.52. The van der Waals surface area contributed by atoms with Gasteiger partial charge in [-0.25, -0.2) is 0 Å². The number of nitrogens with one attached hydrogen (secondary N) is 1. The van der Waals surface area contributed by atoms with Crippen molar-refractivity contribution in [1.82, 2.24) is 5.32 Å². The highest BCUT2D eigenvalue weighted by atomic mass is 35.5. The molecule has 1 atom stereocenters. The van der Waals surface area contributed by atoms with Crippen LogP contribution in [-0.2, 0) is 6.54 Å². The zero-order valence-corrected chi connectivity index (χ0v) is 12.5. The smallest absolute Gasteiger partial charge is 0.199 e. The predicted octanol–water partition coefficient (Wildman–Crippen LogP) is 5.14. The Morgan fingerprint density at radius 1 is 1.26 bits per heavy atom. The fourth-order valence-corrected chi connectivity index (χ4v) is 2.56. The molecule has 0 aliphatic rings. The zero-order chi connectivity index (χ0) is 13.7.